The van der Waals surface area contributed by atoms with Crippen LogP contribution in [0.1, 0.15) is 55.2 Å². The Kier molecular flexibility index (Phi) is 8.14. The summed E-state index contributed by atoms with van der Waals surface area (Å²) in [5.74, 6) is 4.44. The largest absolute Gasteiger partial charge is 0.369 e. The van der Waals surface area contributed by atoms with Crippen molar-refractivity contribution in [2.45, 2.75) is 49.5 Å². The predicted octanol–water partition coefficient (Wildman–Crippen LogP) is 4.63. The number of carbonyl (C=O) groups is 1. The van der Waals surface area contributed by atoms with Gasteiger partial charge in [0.15, 0.2) is 0 Å². The van der Waals surface area contributed by atoms with E-state index in [4.69, 9.17) is 5.73 Å². The summed E-state index contributed by atoms with van der Waals surface area (Å²) in [7, 11) is -4.09. The number of amides is 1. The van der Waals surface area contributed by atoms with Crippen LogP contribution in [0, 0.1) is 33.2 Å². The lowest BCUT2D eigenvalue weighted by atomic mass is 9.63. The van der Waals surface area contributed by atoms with Gasteiger partial charge in [0.05, 0.1) is 15.2 Å². The van der Waals surface area contributed by atoms with Crippen LogP contribution in [0.15, 0.2) is 77.7 Å². The van der Waals surface area contributed by atoms with Crippen LogP contribution in [0.3, 0.4) is 0 Å². The van der Waals surface area contributed by atoms with Crippen LogP contribution >= 0.6 is 0 Å². The first kappa shape index (κ1) is 28.0. The molecule has 3 N–H and O–H groups in total. The van der Waals surface area contributed by atoms with Crippen molar-refractivity contribution >= 4 is 21.6 Å². The van der Waals surface area contributed by atoms with Crippen LogP contribution in [0.25, 0.3) is 0 Å². The second-order valence-electron chi connectivity index (χ2n) is 9.74. The normalized spacial score (nSPS) is 19.9. The maximum Gasteiger partial charge on any atom is 0.286 e. The topological polar surface area (TPSA) is 132 Å². The molecule has 39 heavy (non-hydrogen) atoms. The van der Waals surface area contributed by atoms with Gasteiger partial charge in [0.1, 0.15) is 11.4 Å². The molecule has 0 radical (unpaired) electrons. The number of halogens is 1. The molecule has 0 spiro atoms. The number of nitrogens with two attached hydrogens (primary N) is 1. The van der Waals surface area contributed by atoms with Gasteiger partial charge < -0.3 is 5.73 Å². The molecular weight excluding hydrogens is 521 g/mol. The zero-order chi connectivity index (χ0) is 28.2. The van der Waals surface area contributed by atoms with Gasteiger partial charge in [-0.3, -0.25) is 14.9 Å². The summed E-state index contributed by atoms with van der Waals surface area (Å²) in [4.78, 5) is 23.4. The van der Waals surface area contributed by atoms with Crippen molar-refractivity contribution in [3.05, 3.63) is 105 Å². The minimum atomic E-state index is -4.09. The van der Waals surface area contributed by atoms with Crippen molar-refractivity contribution in [1.29, 1.82) is 0 Å². The quantitative estimate of drug-likeness (QED) is 0.252. The van der Waals surface area contributed by atoms with Crippen LogP contribution in [0.2, 0.25) is 0 Å². The molecule has 10 heteroatoms. The van der Waals surface area contributed by atoms with Gasteiger partial charge in [-0.15, -0.1) is 0 Å². The number of hydrogen-bond acceptors (Lipinski definition) is 5. The molecule has 4 rings (SSSR count). The molecule has 0 bridgehead atoms. The highest BCUT2D eigenvalue weighted by Gasteiger charge is 2.45. The number of sulfonamides is 1. The van der Waals surface area contributed by atoms with Gasteiger partial charge in [0.25, 0.3) is 5.69 Å². The molecule has 1 atom stereocenters. The van der Waals surface area contributed by atoms with E-state index in [1.165, 1.54) is 24.3 Å². The fourth-order valence-electron chi connectivity index (χ4n) is 5.10. The maximum atomic E-state index is 13.4. The molecule has 3 aromatic carbocycles. The summed E-state index contributed by atoms with van der Waals surface area (Å²) < 4.78 is 42.3. The lowest BCUT2D eigenvalue weighted by Crippen LogP contribution is -2.48. The third-order valence-electron chi connectivity index (χ3n) is 7.48. The van der Waals surface area contributed by atoms with Gasteiger partial charge in [-0.2, -0.15) is 0 Å². The Bertz CT molecular complexity index is 1540. The summed E-state index contributed by atoms with van der Waals surface area (Å²) in [6.45, 7) is 1.86. The Labute approximate surface area is 226 Å². The summed E-state index contributed by atoms with van der Waals surface area (Å²) in [5, 5.41) is 11.7. The Morgan fingerprint density at radius 2 is 1.72 bits per heavy atom. The first-order valence-electron chi connectivity index (χ1n) is 12.4. The fraction of sp³-hybridized carbons (Fsp3) is 0.276. The maximum absolute atomic E-state index is 13.4. The van der Waals surface area contributed by atoms with E-state index in [1.54, 1.807) is 36.4 Å². The average molecular weight is 550 g/mol. The smallest absolute Gasteiger partial charge is 0.286 e. The number of primary amides is 1. The third-order valence-corrected chi connectivity index (χ3v) is 9.00. The van der Waals surface area contributed by atoms with Crippen LogP contribution in [0.4, 0.5) is 10.1 Å². The zero-order valence-electron chi connectivity index (χ0n) is 21.3. The summed E-state index contributed by atoms with van der Waals surface area (Å²) in [6.07, 6.45) is 1.36. The first-order valence-corrected chi connectivity index (χ1v) is 13.9. The molecule has 0 aromatic heterocycles. The third kappa shape index (κ3) is 6.16. The molecule has 0 aliphatic heterocycles. The Morgan fingerprint density at radius 3 is 2.31 bits per heavy atom. The SMILES string of the molecule is C[C@H](c1ccc(F)cc1)C1(C(N)=O)CCC(NS(=O)(=O)c2ccc(C#Cc3ccccc3)c([N+](=O)[O-])c2)CC1. The summed E-state index contributed by atoms with van der Waals surface area (Å²) in [5.41, 5.74) is 6.06. The van der Waals surface area contributed by atoms with Gasteiger partial charge in [-0.05, 0) is 73.6 Å². The van der Waals surface area contributed by atoms with Crippen LogP contribution < -0.4 is 10.5 Å². The van der Waals surface area contributed by atoms with Gasteiger partial charge in [-0.1, -0.05) is 49.1 Å². The molecule has 0 heterocycles. The Balaban J connectivity index is 1.51. The van der Waals surface area contributed by atoms with E-state index in [9.17, 15) is 27.7 Å². The minimum Gasteiger partial charge on any atom is -0.369 e. The van der Waals surface area contributed by atoms with Gasteiger partial charge in [0, 0.05) is 17.7 Å². The summed E-state index contributed by atoms with van der Waals surface area (Å²) in [6, 6.07) is 18.0. The molecule has 0 saturated heterocycles. The van der Waals surface area contributed by atoms with Gasteiger partial charge >= 0.3 is 0 Å². The van der Waals surface area contributed by atoms with Crippen molar-refractivity contribution in [3.63, 3.8) is 0 Å². The molecule has 3 aromatic rings. The minimum absolute atomic E-state index is 0.0986. The van der Waals surface area contributed by atoms with E-state index in [0.717, 1.165) is 11.6 Å². The standard InChI is InChI=1S/C29H28FN3O5S/c1-20(22-9-12-24(30)13-10-22)29(28(31)34)17-15-25(16-18-29)32-39(37,38)26-14-11-23(27(19-26)33(35)36)8-7-21-5-3-2-4-6-21/h2-6,9-14,19-20,25,32H,15-18H2,1H3,(H2,31,34)/t20-,25?,29?/m1/s1. The highest BCUT2D eigenvalue weighted by Crippen LogP contribution is 2.47. The Hall–Kier alpha value is -4.07. The van der Waals surface area contributed by atoms with Crippen molar-refractivity contribution in [2.75, 3.05) is 0 Å². The Morgan fingerprint density at radius 1 is 1.08 bits per heavy atom. The van der Waals surface area contributed by atoms with E-state index in [1.807, 2.05) is 13.0 Å². The van der Waals surface area contributed by atoms with Crippen molar-refractivity contribution in [3.8, 4) is 11.8 Å². The van der Waals surface area contributed by atoms with Crippen molar-refractivity contribution < 1.29 is 22.5 Å². The molecule has 1 amide bonds. The number of nitrogens with zero attached hydrogens (tertiary/aromatic N) is 1. The first-order chi connectivity index (χ1) is 18.5. The highest BCUT2D eigenvalue weighted by molar-refractivity contribution is 7.89. The number of carbonyl (C=O) groups excluding carboxylic acids is 1. The number of benzene rings is 3. The number of nitro groups is 1. The predicted molar refractivity (Wildman–Crippen MR) is 145 cm³/mol. The van der Waals surface area contributed by atoms with Crippen molar-refractivity contribution in [2.24, 2.45) is 11.1 Å². The second kappa shape index (κ2) is 11.4. The number of nitrogens with one attached hydrogen (secondary N) is 1. The van der Waals surface area contributed by atoms with Gasteiger partial charge in [0.2, 0.25) is 15.9 Å². The molecule has 1 aliphatic carbocycles. The summed E-state index contributed by atoms with van der Waals surface area (Å²) >= 11 is 0. The van der Waals surface area contributed by atoms with E-state index >= 15 is 0 Å². The van der Waals surface area contributed by atoms with E-state index in [-0.39, 0.29) is 22.2 Å². The highest BCUT2D eigenvalue weighted by atomic mass is 32.2. The van der Waals surface area contributed by atoms with E-state index in [0.29, 0.717) is 31.2 Å². The number of nitro benzene ring substituents is 1. The van der Waals surface area contributed by atoms with Crippen LogP contribution in [-0.4, -0.2) is 25.3 Å². The molecule has 202 valence electrons. The molecular formula is C29H28FN3O5S. The molecule has 1 saturated carbocycles. The zero-order valence-corrected chi connectivity index (χ0v) is 22.1. The van der Waals surface area contributed by atoms with E-state index in [2.05, 4.69) is 16.6 Å². The lowest BCUT2D eigenvalue weighted by Gasteiger charge is -2.42. The van der Waals surface area contributed by atoms with Crippen molar-refractivity contribution in [1.82, 2.24) is 4.72 Å². The monoisotopic (exact) mass is 549 g/mol. The molecule has 8 nitrogen and oxygen atoms in total. The fourth-order valence-corrected chi connectivity index (χ4v) is 6.42. The number of hydrogen-bond donors (Lipinski definition) is 2. The van der Waals surface area contributed by atoms with Crippen LogP contribution in [0.5, 0.6) is 0 Å². The lowest BCUT2D eigenvalue weighted by molar-refractivity contribution is -0.385. The second-order valence-corrected chi connectivity index (χ2v) is 11.5. The van der Waals surface area contributed by atoms with Gasteiger partial charge in [-0.25, -0.2) is 17.5 Å². The molecule has 1 aliphatic rings. The molecule has 1 fully saturated rings. The van der Waals surface area contributed by atoms with Crippen LogP contribution in [-0.2, 0) is 14.8 Å². The molecule has 0 unspecified atom stereocenters. The number of rotatable bonds is 7. The average Bonchev–Trinajstić information content (AvgIpc) is 2.92. The van der Waals surface area contributed by atoms with E-state index < -0.39 is 38.0 Å².